The van der Waals surface area contributed by atoms with Gasteiger partial charge >= 0.3 is 5.97 Å². The maximum absolute atomic E-state index is 12.3. The highest BCUT2D eigenvalue weighted by atomic mass is 16.5. The molecule has 1 atom stereocenters. The smallest absolute Gasteiger partial charge is 0.399 e. The van der Waals surface area contributed by atoms with E-state index in [0.29, 0.717) is 0 Å². The molecule has 0 N–H and O–H groups in total. The zero-order chi connectivity index (χ0) is 13.7. The fraction of sp³-hybridized carbons (Fsp3) is 0.429. The van der Waals surface area contributed by atoms with Gasteiger partial charge in [0.1, 0.15) is 0 Å². The molecule has 0 fully saturated rings. The summed E-state index contributed by atoms with van der Waals surface area (Å²) < 4.78 is 5.32. The highest BCUT2D eigenvalue weighted by Crippen LogP contribution is 2.25. The summed E-state index contributed by atoms with van der Waals surface area (Å²) in [5.74, 6) is -0.504. The number of carbonyl (C=O) groups is 1. The lowest BCUT2D eigenvalue weighted by atomic mass is 9.96. The highest BCUT2D eigenvalue weighted by Gasteiger charge is 2.27. The van der Waals surface area contributed by atoms with Crippen molar-refractivity contribution in [3.8, 4) is 0 Å². The van der Waals surface area contributed by atoms with Gasteiger partial charge in [-0.15, -0.1) is 0 Å². The summed E-state index contributed by atoms with van der Waals surface area (Å²) in [5, 5.41) is 12.3. The summed E-state index contributed by atoms with van der Waals surface area (Å²) in [7, 11) is 1.27. The molecule has 0 saturated heterocycles. The molecule has 4 heteroatoms. The summed E-state index contributed by atoms with van der Waals surface area (Å²) in [5.41, 5.74) is 0.964. The number of methoxy groups -OCH3 is 1. The van der Waals surface area contributed by atoms with Gasteiger partial charge in [0.15, 0.2) is 6.04 Å². The second-order valence-corrected chi connectivity index (χ2v) is 4.50. The van der Waals surface area contributed by atoms with E-state index in [1.54, 1.807) is 0 Å². The largest absolute Gasteiger partial charge is 0.623 e. The lowest BCUT2D eigenvalue weighted by Gasteiger charge is -2.21. The van der Waals surface area contributed by atoms with Crippen LogP contribution in [0.2, 0.25) is 0 Å². The van der Waals surface area contributed by atoms with Crippen molar-refractivity contribution in [1.82, 2.24) is 0 Å². The first-order valence-electron chi connectivity index (χ1n) is 5.92. The fourth-order valence-electron chi connectivity index (χ4n) is 1.89. The Labute approximate surface area is 107 Å². The van der Waals surface area contributed by atoms with Gasteiger partial charge in [0, 0.05) is 18.4 Å². The standard InChI is InChI=1S/C14H19NO3/c1-10(2)13(12-8-6-5-7-9-12)15(17)11(3)14(16)18-4/h5-10,13H,1-4H3/b15-11-. The van der Waals surface area contributed by atoms with Crippen LogP contribution in [0.25, 0.3) is 0 Å². The molecule has 0 spiro atoms. The maximum Gasteiger partial charge on any atom is 0.399 e. The van der Waals surface area contributed by atoms with Crippen molar-refractivity contribution in [3.63, 3.8) is 0 Å². The number of hydrogen-bond donors (Lipinski definition) is 0. The number of carbonyl (C=O) groups excluding carboxylic acids is 1. The SMILES string of the molecule is COC(=O)/C(C)=[N+](\[O-])C(c1ccccc1)C(C)C. The number of benzene rings is 1. The van der Waals surface area contributed by atoms with Crippen molar-refractivity contribution in [2.24, 2.45) is 5.92 Å². The van der Waals surface area contributed by atoms with Crippen LogP contribution in [0.5, 0.6) is 0 Å². The van der Waals surface area contributed by atoms with Gasteiger partial charge in [-0.05, 0) is 0 Å². The van der Waals surface area contributed by atoms with Gasteiger partial charge in [-0.25, -0.2) is 4.79 Å². The molecule has 1 aromatic rings. The molecular formula is C14H19NO3. The Morgan fingerprint density at radius 2 is 1.83 bits per heavy atom. The van der Waals surface area contributed by atoms with Gasteiger partial charge in [0.2, 0.25) is 0 Å². The van der Waals surface area contributed by atoms with Gasteiger partial charge in [-0.2, -0.15) is 4.74 Å². The predicted octanol–water partition coefficient (Wildman–Crippen LogP) is 2.53. The Kier molecular flexibility index (Phi) is 4.89. The van der Waals surface area contributed by atoms with E-state index in [1.807, 2.05) is 44.2 Å². The summed E-state index contributed by atoms with van der Waals surface area (Å²) in [6.45, 7) is 5.39. The molecule has 0 aliphatic rings. The minimum atomic E-state index is -0.591. The first-order chi connectivity index (χ1) is 8.49. The van der Waals surface area contributed by atoms with E-state index in [9.17, 15) is 10.0 Å². The third-order valence-electron chi connectivity index (χ3n) is 2.84. The van der Waals surface area contributed by atoms with E-state index in [2.05, 4.69) is 4.74 Å². The molecule has 1 rings (SSSR count). The van der Waals surface area contributed by atoms with Crippen LogP contribution in [-0.4, -0.2) is 23.5 Å². The van der Waals surface area contributed by atoms with E-state index < -0.39 is 5.97 Å². The monoisotopic (exact) mass is 249 g/mol. The normalized spacial score (nSPS) is 14.1. The first-order valence-corrected chi connectivity index (χ1v) is 5.92. The minimum absolute atomic E-state index is 0.0695. The van der Waals surface area contributed by atoms with E-state index >= 15 is 0 Å². The second kappa shape index (κ2) is 6.19. The van der Waals surface area contributed by atoms with Crippen molar-refractivity contribution in [2.45, 2.75) is 26.8 Å². The van der Waals surface area contributed by atoms with Crippen LogP contribution in [-0.2, 0) is 9.53 Å². The van der Waals surface area contributed by atoms with Crippen LogP contribution in [0.3, 0.4) is 0 Å². The number of hydroxylamine groups is 1. The van der Waals surface area contributed by atoms with E-state index in [-0.39, 0.29) is 17.7 Å². The molecule has 0 radical (unpaired) electrons. The molecular weight excluding hydrogens is 230 g/mol. The number of nitrogens with zero attached hydrogens (tertiary/aromatic N) is 1. The number of esters is 1. The minimum Gasteiger partial charge on any atom is -0.623 e. The summed E-state index contributed by atoms with van der Waals surface area (Å²) in [6.07, 6.45) is 0. The van der Waals surface area contributed by atoms with Crippen molar-refractivity contribution in [2.75, 3.05) is 7.11 Å². The van der Waals surface area contributed by atoms with Gasteiger partial charge in [0.05, 0.1) is 7.11 Å². The van der Waals surface area contributed by atoms with Crippen LogP contribution in [0.1, 0.15) is 32.4 Å². The third kappa shape index (κ3) is 3.09. The van der Waals surface area contributed by atoms with Gasteiger partial charge in [0.25, 0.3) is 5.71 Å². The van der Waals surface area contributed by atoms with Crippen molar-refractivity contribution in [3.05, 3.63) is 41.1 Å². The van der Waals surface area contributed by atoms with Crippen LogP contribution >= 0.6 is 0 Å². The topological polar surface area (TPSA) is 52.4 Å². The van der Waals surface area contributed by atoms with Crippen molar-refractivity contribution in [1.29, 1.82) is 0 Å². The third-order valence-corrected chi connectivity index (χ3v) is 2.84. The molecule has 0 bridgehead atoms. The average molecular weight is 249 g/mol. The van der Waals surface area contributed by atoms with E-state index in [4.69, 9.17) is 0 Å². The molecule has 0 aliphatic carbocycles. The van der Waals surface area contributed by atoms with E-state index in [0.717, 1.165) is 10.3 Å². The van der Waals surface area contributed by atoms with E-state index in [1.165, 1.54) is 14.0 Å². The molecule has 0 aliphatic heterocycles. The Morgan fingerprint density at radius 1 is 1.28 bits per heavy atom. The lowest BCUT2D eigenvalue weighted by Crippen LogP contribution is -2.29. The summed E-state index contributed by atoms with van der Waals surface area (Å²) >= 11 is 0. The van der Waals surface area contributed by atoms with Gasteiger partial charge in [-0.3, -0.25) is 0 Å². The fourth-order valence-corrected chi connectivity index (χ4v) is 1.89. The Morgan fingerprint density at radius 3 is 2.28 bits per heavy atom. The van der Waals surface area contributed by atoms with Gasteiger partial charge in [-0.1, -0.05) is 44.2 Å². The Balaban J connectivity index is 3.19. The molecule has 0 aromatic heterocycles. The van der Waals surface area contributed by atoms with Crippen LogP contribution in [0.4, 0.5) is 0 Å². The molecule has 1 unspecified atom stereocenters. The van der Waals surface area contributed by atoms with Crippen molar-refractivity contribution >= 4 is 11.7 Å². The average Bonchev–Trinajstić information content (AvgIpc) is 2.37. The Hall–Kier alpha value is -1.84. The molecule has 0 amide bonds. The highest BCUT2D eigenvalue weighted by molar-refractivity contribution is 6.33. The molecule has 98 valence electrons. The number of hydrogen-bond acceptors (Lipinski definition) is 3. The van der Waals surface area contributed by atoms with Crippen molar-refractivity contribution < 1.29 is 14.3 Å². The quantitative estimate of drug-likeness (QED) is 0.271. The lowest BCUT2D eigenvalue weighted by molar-refractivity contribution is -0.517. The molecule has 0 heterocycles. The van der Waals surface area contributed by atoms with Crippen LogP contribution in [0, 0.1) is 11.1 Å². The molecule has 4 nitrogen and oxygen atoms in total. The second-order valence-electron chi connectivity index (χ2n) is 4.50. The van der Waals surface area contributed by atoms with Crippen LogP contribution < -0.4 is 0 Å². The maximum atomic E-state index is 12.3. The molecule has 1 aromatic carbocycles. The zero-order valence-electron chi connectivity index (χ0n) is 11.2. The number of ether oxygens (including phenoxy) is 1. The summed E-state index contributed by atoms with van der Waals surface area (Å²) in [6, 6.07) is 9.05. The predicted molar refractivity (Wildman–Crippen MR) is 70.3 cm³/mol. The number of rotatable bonds is 4. The zero-order valence-corrected chi connectivity index (χ0v) is 11.2. The van der Waals surface area contributed by atoms with Crippen LogP contribution in [0.15, 0.2) is 30.3 Å². The van der Waals surface area contributed by atoms with Gasteiger partial charge < -0.3 is 9.94 Å². The Bertz CT molecular complexity index is 438. The summed E-state index contributed by atoms with van der Waals surface area (Å²) in [4.78, 5) is 11.4. The first kappa shape index (κ1) is 14.2. The molecule has 0 saturated carbocycles. The molecule has 18 heavy (non-hydrogen) atoms.